The van der Waals surface area contributed by atoms with Crippen LogP contribution in [0.25, 0.3) is 0 Å². The molecular formula is C38H58O6. The van der Waals surface area contributed by atoms with Crippen LogP contribution in [0.4, 0.5) is 0 Å². The van der Waals surface area contributed by atoms with E-state index in [1.165, 1.54) is 77.0 Å². The molecule has 1 aliphatic rings. The molecule has 0 spiro atoms. The summed E-state index contributed by atoms with van der Waals surface area (Å²) in [5.41, 5.74) is 2.59. The lowest BCUT2D eigenvalue weighted by Crippen LogP contribution is -2.37. The van der Waals surface area contributed by atoms with Gasteiger partial charge >= 0.3 is 5.97 Å². The molecule has 0 saturated carbocycles. The van der Waals surface area contributed by atoms with Gasteiger partial charge in [0.1, 0.15) is 29.6 Å². The lowest BCUT2D eigenvalue weighted by molar-refractivity contribution is -0.145. The SMILES string of the molecule is CCCCCCCCCCCCCCCCCC(=O)OCc1cc(OC)c2c(c1C=O)OC(C)(CC(=C=O)C=C(C)C)CC2. The zero-order chi connectivity index (χ0) is 32.2. The third kappa shape index (κ3) is 13.4. The van der Waals surface area contributed by atoms with Crippen LogP contribution in [0.1, 0.15) is 165 Å². The minimum Gasteiger partial charge on any atom is -0.496 e. The Labute approximate surface area is 267 Å². The van der Waals surface area contributed by atoms with Crippen LogP contribution >= 0.6 is 0 Å². The summed E-state index contributed by atoms with van der Waals surface area (Å²) in [5.74, 6) is 2.82. The predicted octanol–water partition coefficient (Wildman–Crippen LogP) is 10.0. The number of benzene rings is 1. The fourth-order valence-corrected chi connectivity index (χ4v) is 6.08. The van der Waals surface area contributed by atoms with Gasteiger partial charge in [-0.05, 0) is 52.2 Å². The summed E-state index contributed by atoms with van der Waals surface area (Å²) in [4.78, 5) is 36.4. The molecule has 2 rings (SSSR count). The maximum absolute atomic E-state index is 12.5. The molecule has 6 heteroatoms. The molecule has 0 aromatic heterocycles. The predicted molar refractivity (Wildman–Crippen MR) is 178 cm³/mol. The fourth-order valence-electron chi connectivity index (χ4n) is 6.08. The van der Waals surface area contributed by atoms with E-state index in [2.05, 4.69) is 6.92 Å². The van der Waals surface area contributed by atoms with Crippen LogP contribution in [0.15, 0.2) is 23.3 Å². The van der Waals surface area contributed by atoms with E-state index >= 15 is 0 Å². The number of aldehydes is 1. The molecule has 1 heterocycles. The van der Waals surface area contributed by atoms with Gasteiger partial charge in [-0.1, -0.05) is 102 Å². The molecule has 0 amide bonds. The Morgan fingerprint density at radius 3 is 2.02 bits per heavy atom. The van der Waals surface area contributed by atoms with Crippen molar-refractivity contribution in [3.05, 3.63) is 40.0 Å². The van der Waals surface area contributed by atoms with Crippen molar-refractivity contribution >= 4 is 18.2 Å². The number of unbranched alkanes of at least 4 members (excludes halogenated alkanes) is 14. The summed E-state index contributed by atoms with van der Waals surface area (Å²) in [6.45, 7) is 8.05. The maximum atomic E-state index is 12.5. The minimum atomic E-state index is -0.683. The van der Waals surface area contributed by atoms with E-state index in [0.29, 0.717) is 53.9 Å². The molecule has 6 nitrogen and oxygen atoms in total. The monoisotopic (exact) mass is 610 g/mol. The van der Waals surface area contributed by atoms with Gasteiger partial charge in [0, 0.05) is 29.5 Å². The van der Waals surface area contributed by atoms with Gasteiger partial charge in [-0.2, -0.15) is 0 Å². The average molecular weight is 611 g/mol. The molecule has 1 aromatic carbocycles. The molecule has 0 bridgehead atoms. The van der Waals surface area contributed by atoms with Gasteiger partial charge in [0.2, 0.25) is 0 Å². The van der Waals surface area contributed by atoms with Crippen LogP contribution in [-0.2, 0) is 27.4 Å². The van der Waals surface area contributed by atoms with E-state index in [1.54, 1.807) is 13.2 Å². The smallest absolute Gasteiger partial charge is 0.306 e. The van der Waals surface area contributed by atoms with E-state index in [1.807, 2.05) is 32.8 Å². The van der Waals surface area contributed by atoms with E-state index in [9.17, 15) is 14.4 Å². The number of hydrogen-bond acceptors (Lipinski definition) is 6. The minimum absolute atomic E-state index is 0.0212. The van der Waals surface area contributed by atoms with Crippen molar-refractivity contribution in [1.29, 1.82) is 0 Å². The number of rotatable bonds is 23. The highest BCUT2D eigenvalue weighted by molar-refractivity contribution is 5.84. The van der Waals surface area contributed by atoms with Gasteiger partial charge in [0.25, 0.3) is 0 Å². The number of carbonyl (C=O) groups excluding carboxylic acids is 3. The number of hydrogen-bond donors (Lipinski definition) is 0. The van der Waals surface area contributed by atoms with E-state index in [0.717, 1.165) is 36.7 Å². The number of ether oxygens (including phenoxy) is 3. The van der Waals surface area contributed by atoms with Crippen LogP contribution < -0.4 is 9.47 Å². The van der Waals surface area contributed by atoms with Gasteiger partial charge < -0.3 is 14.2 Å². The van der Waals surface area contributed by atoms with Crippen molar-refractivity contribution in [3.8, 4) is 11.5 Å². The first-order valence-electron chi connectivity index (χ1n) is 17.2. The highest BCUT2D eigenvalue weighted by Crippen LogP contribution is 2.44. The number of esters is 1. The lowest BCUT2D eigenvalue weighted by atomic mass is 9.85. The third-order valence-corrected chi connectivity index (χ3v) is 8.59. The molecule has 1 aliphatic heterocycles. The Balaban J connectivity index is 1.77. The molecule has 246 valence electrons. The van der Waals surface area contributed by atoms with E-state index < -0.39 is 5.60 Å². The first-order chi connectivity index (χ1) is 21.3. The summed E-state index contributed by atoms with van der Waals surface area (Å²) < 4.78 is 17.6. The molecule has 0 saturated heterocycles. The van der Waals surface area contributed by atoms with Gasteiger partial charge in [-0.15, -0.1) is 0 Å². The second-order valence-corrected chi connectivity index (χ2v) is 13.0. The molecule has 0 N–H and O–H groups in total. The zero-order valence-electron chi connectivity index (χ0n) is 28.3. The van der Waals surface area contributed by atoms with Crippen molar-refractivity contribution < 1.29 is 28.6 Å². The van der Waals surface area contributed by atoms with Gasteiger partial charge in [0.05, 0.1) is 12.7 Å². The fraction of sp³-hybridized carbons (Fsp3) is 0.684. The first kappa shape index (κ1) is 37.3. The number of carbonyl (C=O) groups is 2. The zero-order valence-corrected chi connectivity index (χ0v) is 28.3. The van der Waals surface area contributed by atoms with Crippen LogP contribution in [0, 0.1) is 0 Å². The molecular weight excluding hydrogens is 552 g/mol. The van der Waals surface area contributed by atoms with Crippen molar-refractivity contribution in [2.45, 2.75) is 162 Å². The second kappa shape index (κ2) is 21.0. The average Bonchev–Trinajstić information content (AvgIpc) is 3.00. The first-order valence-corrected chi connectivity index (χ1v) is 17.2. The van der Waals surface area contributed by atoms with Gasteiger partial charge in [0.15, 0.2) is 6.29 Å². The van der Waals surface area contributed by atoms with Crippen LogP contribution in [0.5, 0.6) is 11.5 Å². The molecule has 0 aliphatic carbocycles. The van der Waals surface area contributed by atoms with E-state index in [-0.39, 0.29) is 12.6 Å². The maximum Gasteiger partial charge on any atom is 0.306 e. The van der Waals surface area contributed by atoms with Crippen molar-refractivity contribution in [3.63, 3.8) is 0 Å². The standard InChI is InChI=1S/C38H58O6/c1-6-7-8-9-10-11-12-13-14-15-16-17-18-19-20-21-36(41)43-29-32-25-35(42-5)33-22-23-38(4,44-37(33)34(32)28-40)26-31(27-39)24-30(2)3/h24-25,28H,6-23,26,29H2,1-5H3. The van der Waals surface area contributed by atoms with E-state index in [4.69, 9.17) is 14.2 Å². The number of allylic oxidation sites excluding steroid dienone is 2. The Bertz CT molecular complexity index is 1110. The van der Waals surface area contributed by atoms with Crippen molar-refractivity contribution in [2.24, 2.45) is 0 Å². The molecule has 44 heavy (non-hydrogen) atoms. The topological polar surface area (TPSA) is 78.9 Å². The largest absolute Gasteiger partial charge is 0.496 e. The van der Waals surface area contributed by atoms with Crippen LogP contribution in [0.2, 0.25) is 0 Å². The highest BCUT2D eigenvalue weighted by atomic mass is 16.5. The molecule has 1 atom stereocenters. The van der Waals surface area contributed by atoms with Crippen LogP contribution in [-0.4, -0.2) is 30.9 Å². The Kier molecular flexibility index (Phi) is 17.8. The Morgan fingerprint density at radius 2 is 1.52 bits per heavy atom. The third-order valence-electron chi connectivity index (χ3n) is 8.59. The van der Waals surface area contributed by atoms with Crippen molar-refractivity contribution in [1.82, 2.24) is 0 Å². The van der Waals surface area contributed by atoms with Crippen molar-refractivity contribution in [2.75, 3.05) is 7.11 Å². The summed E-state index contributed by atoms with van der Waals surface area (Å²) in [6, 6.07) is 1.77. The quantitative estimate of drug-likeness (QED) is 0.0403. The van der Waals surface area contributed by atoms with Crippen LogP contribution in [0.3, 0.4) is 0 Å². The Morgan fingerprint density at radius 1 is 0.955 bits per heavy atom. The summed E-state index contributed by atoms with van der Waals surface area (Å²) >= 11 is 0. The second-order valence-electron chi connectivity index (χ2n) is 13.0. The molecule has 0 fully saturated rings. The summed E-state index contributed by atoms with van der Waals surface area (Å²) in [6.07, 6.45) is 23.8. The normalized spacial score (nSPS) is 15.5. The lowest BCUT2D eigenvalue weighted by Gasteiger charge is -2.37. The summed E-state index contributed by atoms with van der Waals surface area (Å²) in [7, 11) is 1.58. The highest BCUT2D eigenvalue weighted by Gasteiger charge is 2.36. The number of methoxy groups -OCH3 is 1. The van der Waals surface area contributed by atoms with Gasteiger partial charge in [-0.25, -0.2) is 4.79 Å². The molecule has 0 radical (unpaired) electrons. The number of fused-ring (bicyclic) bond motifs is 1. The Hall–Kier alpha value is -2.85. The molecule has 1 aromatic rings. The molecule has 1 unspecified atom stereocenters. The van der Waals surface area contributed by atoms with Gasteiger partial charge in [-0.3, -0.25) is 9.59 Å². The summed E-state index contributed by atoms with van der Waals surface area (Å²) in [5, 5.41) is 0.